The fourth-order valence-electron chi connectivity index (χ4n) is 3.42. The van der Waals surface area contributed by atoms with Crippen LogP contribution < -0.4 is 5.32 Å². The molecule has 0 aliphatic heterocycles. The Morgan fingerprint density at radius 2 is 1.55 bits per heavy atom. The van der Waals surface area contributed by atoms with E-state index < -0.39 is 0 Å². The van der Waals surface area contributed by atoms with Crippen molar-refractivity contribution in [1.82, 2.24) is 5.32 Å². The number of hydrogen-bond donors (Lipinski definition) is 1. The van der Waals surface area contributed by atoms with E-state index in [4.69, 9.17) is 0 Å². The van der Waals surface area contributed by atoms with E-state index in [1.165, 1.54) is 54.4 Å². The molecule has 1 rings (SSSR count). The second-order valence-corrected chi connectivity index (χ2v) is 6.33. The molecule has 20 heavy (non-hydrogen) atoms. The maximum absolute atomic E-state index is 3.87. The Balaban J connectivity index is 2.80. The van der Waals surface area contributed by atoms with Crippen LogP contribution in [0.3, 0.4) is 0 Å². The Morgan fingerprint density at radius 1 is 0.950 bits per heavy atom. The van der Waals surface area contributed by atoms with Gasteiger partial charge in [0.1, 0.15) is 0 Å². The molecule has 0 radical (unpaired) electrons. The van der Waals surface area contributed by atoms with Gasteiger partial charge in [-0.25, -0.2) is 0 Å². The third kappa shape index (κ3) is 4.94. The summed E-state index contributed by atoms with van der Waals surface area (Å²) in [5.41, 5.74) is 5.71. The summed E-state index contributed by atoms with van der Waals surface area (Å²) in [5, 5.41) is 3.87. The molecule has 0 aliphatic carbocycles. The standard InChI is InChI=1S/C19H33N/c1-7-9-11-18(10-8-2)20-17(6)19-15(4)12-14(3)13-16(19)5/h12-13,17-18,20H,7-11H2,1-6H3. The van der Waals surface area contributed by atoms with Crippen LogP contribution in [0, 0.1) is 20.8 Å². The molecule has 1 nitrogen and oxygen atoms in total. The average Bonchev–Trinajstić information content (AvgIpc) is 2.34. The molecule has 0 aliphatic rings. The van der Waals surface area contributed by atoms with E-state index in [9.17, 15) is 0 Å². The second-order valence-electron chi connectivity index (χ2n) is 6.33. The van der Waals surface area contributed by atoms with Crippen LogP contribution in [0.15, 0.2) is 12.1 Å². The summed E-state index contributed by atoms with van der Waals surface area (Å²) in [7, 11) is 0. The molecule has 1 aromatic rings. The van der Waals surface area contributed by atoms with Crippen molar-refractivity contribution < 1.29 is 0 Å². The lowest BCUT2D eigenvalue weighted by atomic mass is 9.93. The van der Waals surface area contributed by atoms with Crippen LogP contribution in [0.2, 0.25) is 0 Å². The van der Waals surface area contributed by atoms with Crippen molar-refractivity contribution in [3.63, 3.8) is 0 Å². The normalized spacial score (nSPS) is 14.3. The first-order valence-electron chi connectivity index (χ1n) is 8.33. The molecular weight excluding hydrogens is 242 g/mol. The van der Waals surface area contributed by atoms with Crippen molar-refractivity contribution in [2.75, 3.05) is 0 Å². The summed E-state index contributed by atoms with van der Waals surface area (Å²) >= 11 is 0. The van der Waals surface area contributed by atoms with E-state index in [1.807, 2.05) is 0 Å². The SMILES string of the molecule is CCCCC(CCC)NC(C)c1c(C)cc(C)cc1C. The van der Waals surface area contributed by atoms with Gasteiger partial charge in [0, 0.05) is 12.1 Å². The second kappa shape index (κ2) is 8.46. The van der Waals surface area contributed by atoms with E-state index in [1.54, 1.807) is 0 Å². The average molecular weight is 275 g/mol. The van der Waals surface area contributed by atoms with Crippen LogP contribution in [0.4, 0.5) is 0 Å². The molecule has 0 saturated heterocycles. The van der Waals surface area contributed by atoms with Crippen LogP contribution in [-0.2, 0) is 0 Å². The van der Waals surface area contributed by atoms with Crippen molar-refractivity contribution >= 4 is 0 Å². The molecule has 1 heteroatoms. The van der Waals surface area contributed by atoms with E-state index in [0.29, 0.717) is 12.1 Å². The van der Waals surface area contributed by atoms with Crippen LogP contribution in [0.1, 0.15) is 81.2 Å². The lowest BCUT2D eigenvalue weighted by Gasteiger charge is -2.26. The van der Waals surface area contributed by atoms with Gasteiger partial charge in [-0.3, -0.25) is 0 Å². The maximum Gasteiger partial charge on any atom is 0.0299 e. The quantitative estimate of drug-likeness (QED) is 0.649. The molecule has 0 amide bonds. The summed E-state index contributed by atoms with van der Waals surface area (Å²) in [6.07, 6.45) is 6.47. The number of nitrogens with one attached hydrogen (secondary N) is 1. The van der Waals surface area contributed by atoms with Crippen molar-refractivity contribution in [3.05, 3.63) is 34.4 Å². The molecule has 2 unspecified atom stereocenters. The summed E-state index contributed by atoms with van der Waals surface area (Å²) < 4.78 is 0. The van der Waals surface area contributed by atoms with Gasteiger partial charge in [0.05, 0.1) is 0 Å². The monoisotopic (exact) mass is 275 g/mol. The third-order valence-corrected chi connectivity index (χ3v) is 4.20. The lowest BCUT2D eigenvalue weighted by Crippen LogP contribution is -2.32. The molecule has 0 aromatic heterocycles. The topological polar surface area (TPSA) is 12.0 Å². The van der Waals surface area contributed by atoms with Crippen LogP contribution >= 0.6 is 0 Å². The fourth-order valence-corrected chi connectivity index (χ4v) is 3.42. The molecular formula is C19H33N. The van der Waals surface area contributed by atoms with Crippen LogP contribution in [0.25, 0.3) is 0 Å². The Kier molecular flexibility index (Phi) is 7.29. The molecule has 0 fully saturated rings. The van der Waals surface area contributed by atoms with Gasteiger partial charge in [-0.05, 0) is 57.2 Å². The highest BCUT2D eigenvalue weighted by atomic mass is 14.9. The molecule has 2 atom stereocenters. The van der Waals surface area contributed by atoms with E-state index >= 15 is 0 Å². The smallest absolute Gasteiger partial charge is 0.0299 e. The summed E-state index contributed by atoms with van der Waals surface area (Å²) in [5.74, 6) is 0. The fraction of sp³-hybridized carbons (Fsp3) is 0.684. The molecule has 0 saturated carbocycles. The summed E-state index contributed by atoms with van der Waals surface area (Å²) in [4.78, 5) is 0. The molecule has 0 bridgehead atoms. The molecule has 1 aromatic carbocycles. The Labute approximate surface area is 126 Å². The Bertz CT molecular complexity index is 385. The highest BCUT2D eigenvalue weighted by Crippen LogP contribution is 2.24. The van der Waals surface area contributed by atoms with Crippen LogP contribution in [0.5, 0.6) is 0 Å². The summed E-state index contributed by atoms with van der Waals surface area (Å²) in [6.45, 7) is 13.6. The number of rotatable bonds is 8. The van der Waals surface area contributed by atoms with E-state index in [2.05, 4.69) is 59.0 Å². The van der Waals surface area contributed by atoms with Crippen molar-refractivity contribution in [3.8, 4) is 0 Å². The van der Waals surface area contributed by atoms with Crippen molar-refractivity contribution in [1.29, 1.82) is 0 Å². The summed E-state index contributed by atoms with van der Waals surface area (Å²) in [6, 6.07) is 5.72. The maximum atomic E-state index is 3.87. The lowest BCUT2D eigenvalue weighted by molar-refractivity contribution is 0.395. The van der Waals surface area contributed by atoms with Gasteiger partial charge in [-0.15, -0.1) is 0 Å². The minimum Gasteiger partial charge on any atom is -0.307 e. The number of unbranched alkanes of at least 4 members (excludes halogenated alkanes) is 1. The third-order valence-electron chi connectivity index (χ3n) is 4.20. The van der Waals surface area contributed by atoms with Gasteiger partial charge in [0.15, 0.2) is 0 Å². The zero-order valence-electron chi connectivity index (χ0n) is 14.3. The van der Waals surface area contributed by atoms with Gasteiger partial charge in [-0.2, -0.15) is 0 Å². The van der Waals surface area contributed by atoms with Gasteiger partial charge < -0.3 is 5.32 Å². The molecule has 114 valence electrons. The predicted octanol–water partition coefficient (Wildman–Crippen LogP) is 5.62. The minimum absolute atomic E-state index is 0.448. The van der Waals surface area contributed by atoms with Gasteiger partial charge in [0.2, 0.25) is 0 Å². The number of aryl methyl sites for hydroxylation is 3. The molecule has 0 heterocycles. The molecule has 0 spiro atoms. The first kappa shape index (κ1) is 17.2. The highest BCUT2D eigenvalue weighted by Gasteiger charge is 2.16. The predicted molar refractivity (Wildman–Crippen MR) is 90.4 cm³/mol. The van der Waals surface area contributed by atoms with Gasteiger partial charge in [-0.1, -0.05) is 50.8 Å². The first-order valence-corrected chi connectivity index (χ1v) is 8.33. The van der Waals surface area contributed by atoms with Crippen molar-refractivity contribution in [2.45, 2.75) is 85.7 Å². The van der Waals surface area contributed by atoms with E-state index in [-0.39, 0.29) is 0 Å². The highest BCUT2D eigenvalue weighted by molar-refractivity contribution is 5.39. The number of hydrogen-bond acceptors (Lipinski definition) is 1. The van der Waals surface area contributed by atoms with Gasteiger partial charge >= 0.3 is 0 Å². The Hall–Kier alpha value is -0.820. The van der Waals surface area contributed by atoms with Gasteiger partial charge in [0.25, 0.3) is 0 Å². The zero-order chi connectivity index (χ0) is 15.1. The number of benzene rings is 1. The zero-order valence-corrected chi connectivity index (χ0v) is 14.3. The van der Waals surface area contributed by atoms with Crippen molar-refractivity contribution in [2.24, 2.45) is 0 Å². The van der Waals surface area contributed by atoms with E-state index in [0.717, 1.165) is 0 Å². The first-order chi connectivity index (χ1) is 9.49. The Morgan fingerprint density at radius 3 is 2.05 bits per heavy atom. The largest absolute Gasteiger partial charge is 0.307 e. The molecule has 1 N–H and O–H groups in total. The minimum atomic E-state index is 0.448. The van der Waals surface area contributed by atoms with Crippen LogP contribution in [-0.4, -0.2) is 6.04 Å².